The second-order valence-electron chi connectivity index (χ2n) is 14.9. The Morgan fingerprint density at radius 2 is 1.73 bits per heavy atom. The van der Waals surface area contributed by atoms with Gasteiger partial charge in [-0.05, 0) is 82.8 Å². The molecule has 0 unspecified atom stereocenters. The molecule has 10 heteroatoms. The Bertz CT molecular complexity index is 2020. The van der Waals surface area contributed by atoms with Gasteiger partial charge in [-0.2, -0.15) is 5.10 Å². The summed E-state index contributed by atoms with van der Waals surface area (Å²) in [5, 5.41) is 11.5. The summed E-state index contributed by atoms with van der Waals surface area (Å²) in [6, 6.07) is 16.3. The molecule has 1 spiro atoms. The van der Waals surface area contributed by atoms with E-state index in [1.165, 1.54) is 12.1 Å². The maximum atomic E-state index is 13.3. The summed E-state index contributed by atoms with van der Waals surface area (Å²) in [4.78, 5) is 15.8. The first kappa shape index (κ1) is 39.3. The number of hydrogen-bond donors (Lipinski definition) is 1. The van der Waals surface area contributed by atoms with Gasteiger partial charge in [-0.3, -0.25) is 4.68 Å². The van der Waals surface area contributed by atoms with Crippen LogP contribution >= 0.6 is 11.6 Å². The number of carbonyl (C=O) groups is 1. The first-order valence-corrected chi connectivity index (χ1v) is 19.0. The lowest BCUT2D eigenvalue weighted by atomic mass is 9.74. The smallest absolute Gasteiger partial charge is 0.355 e. The van der Waals surface area contributed by atoms with Crippen LogP contribution in [0.2, 0.25) is 5.02 Å². The van der Waals surface area contributed by atoms with E-state index < -0.39 is 5.60 Å². The van der Waals surface area contributed by atoms with Crippen molar-refractivity contribution in [2.24, 2.45) is 12.5 Å². The van der Waals surface area contributed by atoms with Crippen LogP contribution in [0.1, 0.15) is 76.3 Å². The van der Waals surface area contributed by atoms with Gasteiger partial charge in [-0.25, -0.2) is 9.18 Å². The number of nitrogens with zero attached hydrogens (tertiary/aromatic N) is 4. The van der Waals surface area contributed by atoms with E-state index in [1.807, 2.05) is 89.7 Å². The number of ether oxygens (including phenoxy) is 2. The molecule has 52 heavy (non-hydrogen) atoms. The van der Waals surface area contributed by atoms with Gasteiger partial charge in [0.1, 0.15) is 22.9 Å². The summed E-state index contributed by atoms with van der Waals surface area (Å²) >= 11 is 6.84. The quantitative estimate of drug-likeness (QED) is 0.120. The summed E-state index contributed by atoms with van der Waals surface area (Å²) in [6.07, 6.45) is 2.15. The van der Waals surface area contributed by atoms with Gasteiger partial charge in [0.25, 0.3) is 0 Å². The fourth-order valence-corrected chi connectivity index (χ4v) is 7.37. The van der Waals surface area contributed by atoms with Gasteiger partial charge >= 0.3 is 5.97 Å². The van der Waals surface area contributed by atoms with Crippen molar-refractivity contribution in [3.8, 4) is 16.9 Å². The maximum absolute atomic E-state index is 13.3. The van der Waals surface area contributed by atoms with Crippen molar-refractivity contribution in [3.63, 3.8) is 0 Å². The molecule has 0 atom stereocenters. The second-order valence-corrected chi connectivity index (χ2v) is 15.3. The average Bonchev–Trinajstić information content (AvgIpc) is 3.55. The van der Waals surface area contributed by atoms with Crippen molar-refractivity contribution < 1.29 is 18.7 Å². The Hall–Kier alpha value is -3.92. The van der Waals surface area contributed by atoms with Gasteiger partial charge < -0.3 is 24.3 Å². The Balaban J connectivity index is 0.000000243. The van der Waals surface area contributed by atoms with E-state index >= 15 is 0 Å². The standard InChI is InChI=1S/C26H34ClN5O2.C14H15FO.C2H6/c1-16-21(17(2)30(6)29-16)22-19(27)8-7-18-11-20(24(33)34-25(3,4)5)32(23(18)22)10-9-31-14-26(15-31)12-28-13-26;1-2-3-9-16-14-6-4-5-11-10-12(15)7-8-13(11)14;1-2/h7-8,11,28H,9-10,12-15H2,1-6H3;4-8,10H,2-3,9H2,1H3;1-2H3. The summed E-state index contributed by atoms with van der Waals surface area (Å²) in [5.74, 6) is 0.317. The lowest BCUT2D eigenvalue weighted by molar-refractivity contribution is -0.0406. The van der Waals surface area contributed by atoms with Crippen LogP contribution in [0.4, 0.5) is 4.39 Å². The molecule has 0 saturated carbocycles. The van der Waals surface area contributed by atoms with Gasteiger partial charge in [0, 0.05) is 79.3 Å². The SMILES string of the molecule is CC.CCCCOc1cccc2cc(F)ccc12.Cc1nn(C)c(C)c1-c1c(Cl)ccc2cc(C(=O)OC(C)(C)C)n(CCN3CC4(CNC4)C3)c12. The predicted octanol–water partition coefficient (Wildman–Crippen LogP) is 9.36. The van der Waals surface area contributed by atoms with E-state index in [1.54, 1.807) is 6.07 Å². The lowest BCUT2D eigenvalue weighted by Crippen LogP contribution is -2.71. The molecule has 1 N–H and O–H groups in total. The number of esters is 1. The third kappa shape index (κ3) is 8.48. The lowest BCUT2D eigenvalue weighted by Gasteiger charge is -2.56. The molecule has 0 bridgehead atoms. The minimum Gasteiger partial charge on any atom is -0.493 e. The molecule has 7 rings (SSSR count). The van der Waals surface area contributed by atoms with Crippen LogP contribution < -0.4 is 10.1 Å². The van der Waals surface area contributed by atoms with Crippen LogP contribution in [0.5, 0.6) is 5.75 Å². The summed E-state index contributed by atoms with van der Waals surface area (Å²) < 4.78 is 28.5. The zero-order valence-corrected chi connectivity index (χ0v) is 33.1. The number of aryl methyl sites for hydroxylation is 2. The largest absolute Gasteiger partial charge is 0.493 e. The molecule has 2 fully saturated rings. The van der Waals surface area contributed by atoms with Crippen LogP contribution in [-0.4, -0.2) is 70.1 Å². The molecule has 0 amide bonds. The maximum Gasteiger partial charge on any atom is 0.355 e. The fraction of sp³-hybridized carbons (Fsp3) is 0.476. The van der Waals surface area contributed by atoms with Crippen LogP contribution in [0, 0.1) is 25.1 Å². The number of hydrogen-bond acceptors (Lipinski definition) is 6. The zero-order chi connectivity index (χ0) is 37.8. The molecule has 8 nitrogen and oxygen atoms in total. The molecule has 2 saturated heterocycles. The molecule has 3 aromatic carbocycles. The molecular formula is C42H55ClFN5O3. The van der Waals surface area contributed by atoms with Gasteiger partial charge in [0.15, 0.2) is 0 Å². The number of aromatic nitrogens is 3. The number of unbranched alkanes of at least 4 members (excludes halogenated alkanes) is 1. The van der Waals surface area contributed by atoms with Crippen LogP contribution in [0.25, 0.3) is 32.8 Å². The highest BCUT2D eigenvalue weighted by atomic mass is 35.5. The minimum absolute atomic E-state index is 0.210. The molecule has 280 valence electrons. The molecule has 0 radical (unpaired) electrons. The third-order valence-electron chi connectivity index (χ3n) is 9.69. The van der Waals surface area contributed by atoms with E-state index in [4.69, 9.17) is 21.1 Å². The van der Waals surface area contributed by atoms with Crippen molar-refractivity contribution in [2.45, 2.75) is 80.4 Å². The van der Waals surface area contributed by atoms with Crippen molar-refractivity contribution in [3.05, 3.63) is 82.5 Å². The van der Waals surface area contributed by atoms with Crippen LogP contribution in [0.15, 0.2) is 54.6 Å². The molecule has 2 aliphatic heterocycles. The number of fused-ring (bicyclic) bond motifs is 2. The summed E-state index contributed by atoms with van der Waals surface area (Å²) in [7, 11) is 1.94. The molecular weight excluding hydrogens is 677 g/mol. The Kier molecular flexibility index (Phi) is 12.4. The topological polar surface area (TPSA) is 73.6 Å². The molecule has 5 aromatic rings. The number of nitrogens with one attached hydrogen (secondary N) is 1. The molecule has 0 aliphatic carbocycles. The Morgan fingerprint density at radius 3 is 2.35 bits per heavy atom. The Labute approximate surface area is 313 Å². The fourth-order valence-electron chi connectivity index (χ4n) is 7.12. The van der Waals surface area contributed by atoms with Crippen LogP contribution in [-0.2, 0) is 18.3 Å². The number of benzene rings is 3. The second kappa shape index (κ2) is 16.4. The van der Waals surface area contributed by atoms with Crippen LogP contribution in [0.3, 0.4) is 0 Å². The minimum atomic E-state index is -0.573. The van der Waals surface area contributed by atoms with Crippen molar-refractivity contribution >= 4 is 39.2 Å². The normalized spacial score (nSPS) is 15.0. The highest BCUT2D eigenvalue weighted by molar-refractivity contribution is 6.35. The van der Waals surface area contributed by atoms with Gasteiger partial charge in [-0.15, -0.1) is 0 Å². The number of rotatable bonds is 9. The van der Waals surface area contributed by atoms with Crippen molar-refractivity contribution in [1.29, 1.82) is 0 Å². The van der Waals surface area contributed by atoms with Gasteiger partial charge in [-0.1, -0.05) is 57.0 Å². The molecule has 2 aliphatic rings. The monoisotopic (exact) mass is 731 g/mol. The van der Waals surface area contributed by atoms with E-state index in [2.05, 4.69) is 33.7 Å². The Morgan fingerprint density at radius 1 is 1.00 bits per heavy atom. The van der Waals surface area contributed by atoms with Gasteiger partial charge in [0.05, 0.1) is 22.8 Å². The third-order valence-corrected chi connectivity index (χ3v) is 10.0. The van der Waals surface area contributed by atoms with Crippen molar-refractivity contribution in [2.75, 3.05) is 39.3 Å². The average molecular weight is 732 g/mol. The number of halogens is 2. The first-order valence-electron chi connectivity index (χ1n) is 18.6. The summed E-state index contributed by atoms with van der Waals surface area (Å²) in [5.41, 5.74) is 5.34. The van der Waals surface area contributed by atoms with E-state index in [9.17, 15) is 9.18 Å². The number of likely N-dealkylation sites (tertiary alicyclic amines) is 1. The van der Waals surface area contributed by atoms with E-state index in [-0.39, 0.29) is 11.8 Å². The zero-order valence-electron chi connectivity index (χ0n) is 32.3. The van der Waals surface area contributed by atoms with Gasteiger partial charge in [0.2, 0.25) is 0 Å². The summed E-state index contributed by atoms with van der Waals surface area (Å²) in [6.45, 7) is 22.6. The highest BCUT2D eigenvalue weighted by Gasteiger charge is 2.47. The molecule has 2 aromatic heterocycles. The van der Waals surface area contributed by atoms with Crippen molar-refractivity contribution in [1.82, 2.24) is 24.6 Å². The van der Waals surface area contributed by atoms with E-state index in [0.29, 0.717) is 29.3 Å². The number of carbonyl (C=O) groups excluding carboxylic acids is 1. The first-order chi connectivity index (χ1) is 24.8. The predicted molar refractivity (Wildman–Crippen MR) is 211 cm³/mol. The van der Waals surface area contributed by atoms with E-state index in [0.717, 1.165) is 95.5 Å². The highest BCUT2D eigenvalue weighted by Crippen LogP contribution is 2.41. The molecule has 4 heterocycles.